The van der Waals surface area contributed by atoms with E-state index in [9.17, 15) is 4.39 Å². The van der Waals surface area contributed by atoms with E-state index in [0.29, 0.717) is 17.7 Å². The highest BCUT2D eigenvalue weighted by Crippen LogP contribution is 2.36. The van der Waals surface area contributed by atoms with Crippen molar-refractivity contribution < 1.29 is 13.7 Å². The van der Waals surface area contributed by atoms with Crippen molar-refractivity contribution in [3.05, 3.63) is 47.5 Å². The minimum Gasteiger partial charge on any atom is -0.399 e. The summed E-state index contributed by atoms with van der Waals surface area (Å²) in [4.78, 5) is 0. The molecule has 0 radical (unpaired) electrons. The van der Waals surface area contributed by atoms with Gasteiger partial charge in [-0.2, -0.15) is 5.10 Å². The van der Waals surface area contributed by atoms with Gasteiger partial charge in [0, 0.05) is 23.4 Å². The van der Waals surface area contributed by atoms with Crippen LogP contribution in [0.3, 0.4) is 0 Å². The molecule has 0 atom stereocenters. The Labute approximate surface area is 136 Å². The van der Waals surface area contributed by atoms with Gasteiger partial charge in [-0.1, -0.05) is 18.2 Å². The summed E-state index contributed by atoms with van der Waals surface area (Å²) in [6.45, 7) is 10.2. The molecule has 1 aromatic heterocycles. The zero-order chi connectivity index (χ0) is 16.8. The Kier molecular flexibility index (Phi) is 3.85. The second-order valence-electron chi connectivity index (χ2n) is 7.11. The van der Waals surface area contributed by atoms with Gasteiger partial charge < -0.3 is 9.31 Å². The molecule has 2 aromatic rings. The Hall–Kier alpha value is -1.66. The average Bonchev–Trinajstić information content (AvgIpc) is 2.98. The maximum Gasteiger partial charge on any atom is 0.498 e. The molecule has 0 saturated carbocycles. The molecule has 1 aliphatic rings. The topological polar surface area (TPSA) is 36.3 Å². The van der Waals surface area contributed by atoms with Crippen molar-refractivity contribution in [2.75, 3.05) is 0 Å². The van der Waals surface area contributed by atoms with E-state index in [4.69, 9.17) is 9.31 Å². The number of hydrogen-bond donors (Lipinski definition) is 0. The molecule has 1 fully saturated rings. The lowest BCUT2D eigenvalue weighted by atomic mass is 9.82. The van der Waals surface area contributed by atoms with E-state index >= 15 is 0 Å². The van der Waals surface area contributed by atoms with Gasteiger partial charge in [-0.3, -0.25) is 4.68 Å². The predicted octanol–water partition coefficient (Wildman–Crippen LogP) is 2.68. The maximum atomic E-state index is 14.1. The molecule has 1 saturated heterocycles. The standard InChI is InChI=1S/C17H22BFN2O2/c1-12-7-6-8-13(15(12)19)10-21-11-14(9-20-21)18-22-16(2,3)17(4,5)23-18/h6-9,11H,10H2,1-5H3. The summed E-state index contributed by atoms with van der Waals surface area (Å²) < 4.78 is 27.8. The molecule has 0 N–H and O–H groups in total. The first-order chi connectivity index (χ1) is 10.7. The van der Waals surface area contributed by atoms with Crippen LogP contribution in [0.25, 0.3) is 0 Å². The van der Waals surface area contributed by atoms with Gasteiger partial charge in [-0.15, -0.1) is 0 Å². The van der Waals surface area contributed by atoms with Crippen LogP contribution in [0.5, 0.6) is 0 Å². The normalized spacial score (nSPS) is 19.3. The third-order valence-corrected chi connectivity index (χ3v) is 4.78. The molecule has 6 heteroatoms. The molecular weight excluding hydrogens is 294 g/mol. The van der Waals surface area contributed by atoms with E-state index in [1.165, 1.54) is 0 Å². The van der Waals surface area contributed by atoms with E-state index in [0.717, 1.165) is 5.46 Å². The second-order valence-corrected chi connectivity index (χ2v) is 7.11. The number of nitrogens with zero attached hydrogens (tertiary/aromatic N) is 2. The van der Waals surface area contributed by atoms with Gasteiger partial charge >= 0.3 is 7.12 Å². The van der Waals surface area contributed by atoms with E-state index < -0.39 is 7.12 Å². The summed E-state index contributed by atoms with van der Waals surface area (Å²) in [5, 5.41) is 4.31. The lowest BCUT2D eigenvalue weighted by Gasteiger charge is -2.32. The van der Waals surface area contributed by atoms with Gasteiger partial charge in [-0.25, -0.2) is 4.39 Å². The first-order valence-electron chi connectivity index (χ1n) is 7.81. The number of halogens is 1. The van der Waals surface area contributed by atoms with Crippen LogP contribution in [0.15, 0.2) is 30.6 Å². The fourth-order valence-corrected chi connectivity index (χ4v) is 2.57. The number of rotatable bonds is 3. The maximum absolute atomic E-state index is 14.1. The monoisotopic (exact) mass is 316 g/mol. The van der Waals surface area contributed by atoms with Crippen molar-refractivity contribution in [3.8, 4) is 0 Å². The number of benzene rings is 1. The van der Waals surface area contributed by atoms with Gasteiger partial charge in [0.05, 0.1) is 17.7 Å². The van der Waals surface area contributed by atoms with Crippen molar-refractivity contribution >= 4 is 12.6 Å². The molecule has 0 spiro atoms. The van der Waals surface area contributed by atoms with E-state index in [1.807, 2.05) is 40.0 Å². The van der Waals surface area contributed by atoms with Crippen molar-refractivity contribution in [1.29, 1.82) is 0 Å². The summed E-state index contributed by atoms with van der Waals surface area (Å²) >= 11 is 0. The Morgan fingerprint density at radius 3 is 2.48 bits per heavy atom. The quantitative estimate of drug-likeness (QED) is 0.817. The number of aryl methyl sites for hydroxylation is 1. The van der Waals surface area contributed by atoms with Crippen LogP contribution in [0.1, 0.15) is 38.8 Å². The SMILES string of the molecule is Cc1cccc(Cn2cc(B3OC(C)(C)C(C)(C)O3)cn2)c1F. The van der Waals surface area contributed by atoms with E-state index in [-0.39, 0.29) is 17.0 Å². The van der Waals surface area contributed by atoms with Crippen molar-refractivity contribution in [2.24, 2.45) is 0 Å². The molecule has 1 aliphatic heterocycles. The lowest BCUT2D eigenvalue weighted by Crippen LogP contribution is -2.41. The summed E-state index contributed by atoms with van der Waals surface area (Å²) in [5.74, 6) is -0.180. The van der Waals surface area contributed by atoms with Crippen LogP contribution >= 0.6 is 0 Å². The zero-order valence-electron chi connectivity index (χ0n) is 14.3. The first kappa shape index (κ1) is 16.2. The molecule has 0 bridgehead atoms. The highest BCUT2D eigenvalue weighted by Gasteiger charge is 2.52. The fraction of sp³-hybridized carbons (Fsp3) is 0.471. The number of aromatic nitrogens is 2. The van der Waals surface area contributed by atoms with Gasteiger partial charge in [0.25, 0.3) is 0 Å². The largest absolute Gasteiger partial charge is 0.498 e. The molecule has 0 amide bonds. The lowest BCUT2D eigenvalue weighted by molar-refractivity contribution is 0.00578. The highest BCUT2D eigenvalue weighted by molar-refractivity contribution is 6.61. The Morgan fingerprint density at radius 2 is 1.83 bits per heavy atom. The van der Waals surface area contributed by atoms with Crippen LogP contribution in [-0.2, 0) is 15.9 Å². The van der Waals surface area contributed by atoms with Crippen molar-refractivity contribution in [1.82, 2.24) is 9.78 Å². The summed E-state index contributed by atoms with van der Waals surface area (Å²) in [5.41, 5.74) is 1.33. The fourth-order valence-electron chi connectivity index (χ4n) is 2.57. The summed E-state index contributed by atoms with van der Waals surface area (Å²) in [6.07, 6.45) is 3.57. The molecule has 4 nitrogen and oxygen atoms in total. The van der Waals surface area contributed by atoms with Gasteiger partial charge in [0.2, 0.25) is 0 Å². The third kappa shape index (κ3) is 2.93. The average molecular weight is 316 g/mol. The van der Waals surface area contributed by atoms with Crippen LogP contribution in [0.4, 0.5) is 4.39 Å². The van der Waals surface area contributed by atoms with Crippen molar-refractivity contribution in [3.63, 3.8) is 0 Å². The van der Waals surface area contributed by atoms with Crippen molar-refractivity contribution in [2.45, 2.75) is 52.4 Å². The Balaban J connectivity index is 1.78. The second kappa shape index (κ2) is 5.46. The molecule has 0 unspecified atom stereocenters. The molecule has 2 heterocycles. The molecule has 23 heavy (non-hydrogen) atoms. The van der Waals surface area contributed by atoms with Crippen LogP contribution < -0.4 is 5.46 Å². The Morgan fingerprint density at radius 1 is 1.17 bits per heavy atom. The highest BCUT2D eigenvalue weighted by atomic mass is 19.1. The third-order valence-electron chi connectivity index (χ3n) is 4.78. The molecule has 3 rings (SSSR count). The molecular formula is C17H22BFN2O2. The van der Waals surface area contributed by atoms with Crippen LogP contribution in [0.2, 0.25) is 0 Å². The smallest absolute Gasteiger partial charge is 0.399 e. The van der Waals surface area contributed by atoms with Gasteiger partial charge in [0.1, 0.15) is 5.82 Å². The van der Waals surface area contributed by atoms with E-state index in [2.05, 4.69) is 5.10 Å². The molecule has 1 aromatic carbocycles. The van der Waals surface area contributed by atoms with Crippen LogP contribution in [0, 0.1) is 12.7 Å². The first-order valence-corrected chi connectivity index (χ1v) is 7.81. The minimum atomic E-state index is -0.448. The minimum absolute atomic E-state index is 0.180. The molecule has 0 aliphatic carbocycles. The van der Waals surface area contributed by atoms with E-state index in [1.54, 1.807) is 29.9 Å². The van der Waals surface area contributed by atoms with Gasteiger partial charge in [-0.05, 0) is 40.2 Å². The number of hydrogen-bond acceptors (Lipinski definition) is 3. The summed E-state index contributed by atoms with van der Waals surface area (Å²) in [7, 11) is -0.448. The van der Waals surface area contributed by atoms with Gasteiger partial charge in [0.15, 0.2) is 0 Å². The zero-order valence-corrected chi connectivity index (χ0v) is 14.3. The molecule has 122 valence electrons. The summed E-state index contributed by atoms with van der Waals surface area (Å²) in [6, 6.07) is 5.39. The Bertz CT molecular complexity index is 711. The predicted molar refractivity (Wildman–Crippen MR) is 88.2 cm³/mol. The van der Waals surface area contributed by atoms with Crippen LogP contribution in [-0.4, -0.2) is 28.1 Å².